The first kappa shape index (κ1) is 14.8. The smallest absolute Gasteiger partial charge is 0.254 e. The Hall–Kier alpha value is -2.57. The lowest BCUT2D eigenvalue weighted by atomic mass is 10.1. The van der Waals surface area contributed by atoms with E-state index in [0.29, 0.717) is 11.1 Å². The van der Waals surface area contributed by atoms with Crippen molar-refractivity contribution in [2.75, 3.05) is 13.6 Å². The molecule has 112 valence electrons. The summed E-state index contributed by atoms with van der Waals surface area (Å²) in [7, 11) is 1.58. The van der Waals surface area contributed by atoms with Crippen LogP contribution in [0.4, 0.5) is 0 Å². The lowest BCUT2D eigenvalue weighted by Crippen LogP contribution is -2.39. The van der Waals surface area contributed by atoms with E-state index in [2.05, 4.69) is 10.5 Å². The second kappa shape index (κ2) is 6.25. The van der Waals surface area contributed by atoms with E-state index in [-0.39, 0.29) is 30.2 Å². The van der Waals surface area contributed by atoms with Crippen molar-refractivity contribution in [2.45, 2.75) is 18.9 Å². The zero-order valence-electron chi connectivity index (χ0n) is 11.7. The van der Waals surface area contributed by atoms with Gasteiger partial charge in [-0.3, -0.25) is 9.59 Å². The molecule has 4 N–H and O–H groups in total. The van der Waals surface area contributed by atoms with Crippen LogP contribution in [0.15, 0.2) is 29.4 Å². The molecule has 1 aliphatic rings. The van der Waals surface area contributed by atoms with Gasteiger partial charge in [-0.05, 0) is 25.0 Å². The Labute approximate surface area is 122 Å². The largest absolute Gasteiger partial charge is 0.409 e. The van der Waals surface area contributed by atoms with E-state index in [1.807, 2.05) is 0 Å². The molecule has 1 aromatic carbocycles. The number of amides is 2. The van der Waals surface area contributed by atoms with Crippen molar-refractivity contribution in [3.63, 3.8) is 0 Å². The summed E-state index contributed by atoms with van der Waals surface area (Å²) in [5.74, 6) is -0.431. The second-order valence-corrected chi connectivity index (χ2v) is 5.07. The van der Waals surface area contributed by atoms with Gasteiger partial charge in [0, 0.05) is 24.2 Å². The summed E-state index contributed by atoms with van der Waals surface area (Å²) >= 11 is 0. The number of rotatable bonds is 5. The fraction of sp³-hybridized carbons (Fsp3) is 0.357. The summed E-state index contributed by atoms with van der Waals surface area (Å²) < 4.78 is 0. The van der Waals surface area contributed by atoms with Gasteiger partial charge in [0.15, 0.2) is 5.84 Å². The van der Waals surface area contributed by atoms with E-state index in [4.69, 9.17) is 10.9 Å². The van der Waals surface area contributed by atoms with Crippen LogP contribution in [-0.4, -0.2) is 47.4 Å². The van der Waals surface area contributed by atoms with Crippen LogP contribution in [0.5, 0.6) is 0 Å². The van der Waals surface area contributed by atoms with Gasteiger partial charge in [-0.2, -0.15) is 0 Å². The maximum absolute atomic E-state index is 12.2. The summed E-state index contributed by atoms with van der Waals surface area (Å²) in [5, 5.41) is 14.3. The summed E-state index contributed by atoms with van der Waals surface area (Å²) in [4.78, 5) is 25.2. The molecule has 1 saturated carbocycles. The third-order valence-electron chi connectivity index (χ3n) is 3.21. The first-order valence-corrected chi connectivity index (χ1v) is 6.64. The molecule has 7 nitrogen and oxygen atoms in total. The van der Waals surface area contributed by atoms with E-state index in [1.54, 1.807) is 31.3 Å². The quantitative estimate of drug-likeness (QED) is 0.310. The molecule has 1 aromatic rings. The molecule has 0 aliphatic heterocycles. The number of hydrogen-bond acceptors (Lipinski definition) is 4. The monoisotopic (exact) mass is 290 g/mol. The Morgan fingerprint density at radius 1 is 1.33 bits per heavy atom. The zero-order chi connectivity index (χ0) is 15.4. The molecule has 0 aromatic heterocycles. The molecule has 0 atom stereocenters. The Morgan fingerprint density at radius 2 is 1.90 bits per heavy atom. The van der Waals surface area contributed by atoms with Gasteiger partial charge in [0.05, 0.1) is 6.54 Å². The third-order valence-corrected chi connectivity index (χ3v) is 3.21. The number of benzene rings is 1. The Morgan fingerprint density at radius 3 is 2.43 bits per heavy atom. The fourth-order valence-corrected chi connectivity index (χ4v) is 1.85. The molecule has 1 aliphatic carbocycles. The number of nitrogens with zero attached hydrogens (tertiary/aromatic N) is 2. The molecule has 0 bridgehead atoms. The summed E-state index contributed by atoms with van der Waals surface area (Å²) in [5.41, 5.74) is 6.40. The van der Waals surface area contributed by atoms with Crippen molar-refractivity contribution >= 4 is 17.6 Å². The van der Waals surface area contributed by atoms with E-state index in [1.165, 1.54) is 4.90 Å². The standard InChI is InChI=1S/C14H18N4O3/c1-18(8-12(19)16-11-6-7-11)14(20)10-4-2-9(3-5-10)13(15)17-21/h2-5,11,21H,6-8H2,1H3,(H2,15,17)(H,16,19). The maximum atomic E-state index is 12.2. The zero-order valence-corrected chi connectivity index (χ0v) is 11.7. The van der Waals surface area contributed by atoms with Gasteiger partial charge < -0.3 is 21.2 Å². The van der Waals surface area contributed by atoms with Crippen molar-refractivity contribution in [2.24, 2.45) is 10.9 Å². The van der Waals surface area contributed by atoms with Gasteiger partial charge >= 0.3 is 0 Å². The van der Waals surface area contributed by atoms with Crippen molar-refractivity contribution < 1.29 is 14.8 Å². The lowest BCUT2D eigenvalue weighted by Gasteiger charge is -2.17. The topological polar surface area (TPSA) is 108 Å². The molecule has 2 rings (SSSR count). The normalized spacial score (nSPS) is 14.6. The highest BCUT2D eigenvalue weighted by Crippen LogP contribution is 2.18. The third kappa shape index (κ3) is 3.95. The molecule has 0 heterocycles. The first-order chi connectivity index (χ1) is 10.0. The molecular formula is C14H18N4O3. The SMILES string of the molecule is CN(CC(=O)NC1CC1)C(=O)c1ccc(C(N)=NO)cc1. The average molecular weight is 290 g/mol. The Balaban J connectivity index is 1.96. The minimum absolute atomic E-state index is 0.0221. The Kier molecular flexibility index (Phi) is 4.42. The van der Waals surface area contributed by atoms with Crippen LogP contribution in [0.25, 0.3) is 0 Å². The van der Waals surface area contributed by atoms with Gasteiger partial charge in [0.25, 0.3) is 5.91 Å². The van der Waals surface area contributed by atoms with E-state index >= 15 is 0 Å². The van der Waals surface area contributed by atoms with Gasteiger partial charge in [-0.25, -0.2) is 0 Å². The van der Waals surface area contributed by atoms with Crippen molar-refractivity contribution in [3.05, 3.63) is 35.4 Å². The van der Waals surface area contributed by atoms with Gasteiger partial charge in [0.2, 0.25) is 5.91 Å². The van der Waals surface area contributed by atoms with Crippen molar-refractivity contribution in [3.8, 4) is 0 Å². The van der Waals surface area contributed by atoms with Crippen LogP contribution in [0.3, 0.4) is 0 Å². The van der Waals surface area contributed by atoms with E-state index in [9.17, 15) is 9.59 Å². The molecule has 0 saturated heterocycles. The van der Waals surface area contributed by atoms with Crippen LogP contribution in [0.1, 0.15) is 28.8 Å². The Bertz CT molecular complexity index is 564. The van der Waals surface area contributed by atoms with Crippen molar-refractivity contribution in [1.29, 1.82) is 0 Å². The molecular weight excluding hydrogens is 272 g/mol. The predicted molar refractivity (Wildman–Crippen MR) is 77.1 cm³/mol. The van der Waals surface area contributed by atoms with E-state index in [0.717, 1.165) is 12.8 Å². The number of carbonyl (C=O) groups excluding carboxylic acids is 2. The van der Waals surface area contributed by atoms with Crippen LogP contribution < -0.4 is 11.1 Å². The highest BCUT2D eigenvalue weighted by atomic mass is 16.4. The fourth-order valence-electron chi connectivity index (χ4n) is 1.85. The number of oxime groups is 1. The highest BCUT2D eigenvalue weighted by Gasteiger charge is 2.24. The minimum atomic E-state index is -0.257. The summed E-state index contributed by atoms with van der Waals surface area (Å²) in [6.07, 6.45) is 2.03. The molecule has 1 fully saturated rings. The molecule has 0 spiro atoms. The van der Waals surface area contributed by atoms with E-state index < -0.39 is 0 Å². The van der Waals surface area contributed by atoms with Crippen molar-refractivity contribution in [1.82, 2.24) is 10.2 Å². The van der Waals surface area contributed by atoms with Crippen LogP contribution in [0.2, 0.25) is 0 Å². The molecule has 0 unspecified atom stereocenters. The maximum Gasteiger partial charge on any atom is 0.254 e. The van der Waals surface area contributed by atoms with Crippen LogP contribution in [0, 0.1) is 0 Å². The number of nitrogens with one attached hydrogen (secondary N) is 1. The number of hydrogen-bond donors (Lipinski definition) is 3. The summed E-state index contributed by atoms with van der Waals surface area (Å²) in [6, 6.07) is 6.59. The van der Waals surface area contributed by atoms with Gasteiger partial charge in [-0.15, -0.1) is 0 Å². The highest BCUT2D eigenvalue weighted by molar-refractivity contribution is 6.00. The first-order valence-electron chi connectivity index (χ1n) is 6.64. The molecule has 0 radical (unpaired) electrons. The summed E-state index contributed by atoms with van der Waals surface area (Å²) in [6.45, 7) is 0.0251. The number of carbonyl (C=O) groups is 2. The average Bonchev–Trinajstić information content (AvgIpc) is 3.29. The number of nitrogens with two attached hydrogens (primary N) is 1. The number of amidine groups is 1. The van der Waals surface area contributed by atoms with Gasteiger partial charge in [0.1, 0.15) is 0 Å². The number of likely N-dealkylation sites (N-methyl/N-ethyl adjacent to an activating group) is 1. The predicted octanol–water partition coefficient (Wildman–Crippen LogP) is 0.132. The molecule has 21 heavy (non-hydrogen) atoms. The lowest BCUT2D eigenvalue weighted by molar-refractivity contribution is -0.121. The van der Waals surface area contributed by atoms with Crippen LogP contribution in [-0.2, 0) is 4.79 Å². The molecule has 2 amide bonds. The van der Waals surface area contributed by atoms with Crippen LogP contribution >= 0.6 is 0 Å². The molecule has 7 heteroatoms. The minimum Gasteiger partial charge on any atom is -0.409 e. The second-order valence-electron chi connectivity index (χ2n) is 5.07. The van der Waals surface area contributed by atoms with Gasteiger partial charge in [-0.1, -0.05) is 17.3 Å².